The zero-order valence-corrected chi connectivity index (χ0v) is 26.6. The average molecular weight is 640 g/mol. The van der Waals surface area contributed by atoms with Gasteiger partial charge in [-0.3, -0.25) is 0 Å². The summed E-state index contributed by atoms with van der Waals surface area (Å²) < 4.78 is 12.4. The molecule has 0 aliphatic carbocycles. The van der Waals surface area contributed by atoms with Gasteiger partial charge in [0.1, 0.15) is 22.3 Å². The average Bonchev–Trinajstić information content (AvgIpc) is 3.76. The molecule has 0 unspecified atom stereocenters. The van der Waals surface area contributed by atoms with Crippen molar-refractivity contribution in [1.82, 2.24) is 15.0 Å². The summed E-state index contributed by atoms with van der Waals surface area (Å²) in [7, 11) is 0. The summed E-state index contributed by atoms with van der Waals surface area (Å²) in [6, 6.07) is 52.3. The van der Waals surface area contributed by atoms with E-state index in [4.69, 9.17) is 23.8 Å². The molecular weight excluding hydrogens is 615 g/mol. The lowest BCUT2D eigenvalue weighted by molar-refractivity contribution is 0.668. The second-order valence-electron chi connectivity index (χ2n) is 12.8. The summed E-state index contributed by atoms with van der Waals surface area (Å²) in [4.78, 5) is 15.5. The van der Waals surface area contributed by atoms with E-state index in [2.05, 4.69) is 109 Å². The monoisotopic (exact) mass is 639 g/mol. The Hall–Kier alpha value is -6.85. The first kappa shape index (κ1) is 27.1. The van der Waals surface area contributed by atoms with Crippen LogP contribution in [0.2, 0.25) is 0 Å². The van der Waals surface area contributed by atoms with Crippen molar-refractivity contribution in [2.45, 2.75) is 0 Å². The summed E-state index contributed by atoms with van der Waals surface area (Å²) in [6.45, 7) is 0. The molecule has 0 atom stereocenters. The van der Waals surface area contributed by atoms with E-state index in [1.807, 2.05) is 42.5 Å². The molecule has 0 spiro atoms. The molecule has 0 radical (unpaired) electrons. The van der Waals surface area contributed by atoms with E-state index in [0.717, 1.165) is 76.7 Å². The highest BCUT2D eigenvalue weighted by atomic mass is 16.3. The van der Waals surface area contributed by atoms with E-state index in [1.54, 1.807) is 0 Å². The van der Waals surface area contributed by atoms with E-state index in [0.29, 0.717) is 17.5 Å². The minimum absolute atomic E-state index is 0.594. The van der Waals surface area contributed by atoms with Crippen molar-refractivity contribution in [3.63, 3.8) is 0 Å². The van der Waals surface area contributed by atoms with Gasteiger partial charge in [0.15, 0.2) is 17.5 Å². The Kier molecular flexibility index (Phi) is 5.60. The summed E-state index contributed by atoms with van der Waals surface area (Å²) in [6.07, 6.45) is 0. The Balaban J connectivity index is 1.17. The third kappa shape index (κ3) is 4.04. The summed E-state index contributed by atoms with van der Waals surface area (Å²) in [5.41, 5.74) is 6.12. The molecule has 3 heterocycles. The van der Waals surface area contributed by atoms with Crippen LogP contribution in [0.1, 0.15) is 0 Å². The van der Waals surface area contributed by atoms with Gasteiger partial charge in [-0.2, -0.15) is 0 Å². The fourth-order valence-electron chi connectivity index (χ4n) is 7.55. The fraction of sp³-hybridized carbons (Fsp3) is 0. The van der Waals surface area contributed by atoms with Gasteiger partial charge in [0, 0.05) is 38.2 Å². The Morgan fingerprint density at radius 2 is 0.880 bits per heavy atom. The Morgan fingerprint density at radius 3 is 1.68 bits per heavy atom. The fourth-order valence-corrected chi connectivity index (χ4v) is 7.55. The van der Waals surface area contributed by atoms with Gasteiger partial charge in [-0.05, 0) is 68.7 Å². The maximum absolute atomic E-state index is 6.26. The number of hydrogen-bond donors (Lipinski definition) is 0. The molecule has 0 saturated carbocycles. The smallest absolute Gasteiger partial charge is 0.164 e. The van der Waals surface area contributed by atoms with Crippen LogP contribution in [0.3, 0.4) is 0 Å². The van der Waals surface area contributed by atoms with Crippen LogP contribution >= 0.6 is 0 Å². The third-order valence-corrected chi connectivity index (χ3v) is 9.90. The van der Waals surface area contributed by atoms with Crippen LogP contribution in [0.5, 0.6) is 0 Å². The molecular formula is C45H25N3O2. The summed E-state index contributed by atoms with van der Waals surface area (Å²) >= 11 is 0. The lowest BCUT2D eigenvalue weighted by Gasteiger charge is -2.11. The third-order valence-electron chi connectivity index (χ3n) is 9.90. The van der Waals surface area contributed by atoms with Crippen LogP contribution in [0.15, 0.2) is 160 Å². The van der Waals surface area contributed by atoms with Crippen molar-refractivity contribution in [1.29, 1.82) is 0 Å². The topological polar surface area (TPSA) is 65.0 Å². The van der Waals surface area contributed by atoms with Gasteiger partial charge in [-0.25, -0.2) is 15.0 Å². The van der Waals surface area contributed by atoms with Crippen molar-refractivity contribution in [3.8, 4) is 34.2 Å². The van der Waals surface area contributed by atoms with Crippen molar-refractivity contribution in [3.05, 3.63) is 152 Å². The number of hydrogen-bond acceptors (Lipinski definition) is 5. The van der Waals surface area contributed by atoms with Gasteiger partial charge in [0.25, 0.3) is 0 Å². The molecule has 0 aliphatic heterocycles. The lowest BCUT2D eigenvalue weighted by Crippen LogP contribution is -2.00. The van der Waals surface area contributed by atoms with E-state index in [9.17, 15) is 0 Å². The van der Waals surface area contributed by atoms with Crippen LogP contribution in [-0.4, -0.2) is 15.0 Å². The molecule has 11 rings (SSSR count). The largest absolute Gasteiger partial charge is 0.456 e. The standard InChI is InChI=1S/C45H25N3O2/c1-2-9-31-26(8-1)16-17-27-18-19-30(25-36(27)31)44-46-43(47-45(48-44)35-12-7-15-39-42(35)34-11-4-6-14-38(34)49-39)29-20-22-32-28(24-29)21-23-40-41(32)33-10-3-5-13-37(33)50-40/h1-25H. The van der Waals surface area contributed by atoms with Gasteiger partial charge in [-0.1, -0.05) is 115 Å². The zero-order valence-electron chi connectivity index (χ0n) is 26.6. The SMILES string of the molecule is c1ccc2c(c1)ccc1ccc(-c3nc(-c4ccc5c(ccc6oc7ccccc7c65)c4)nc(-c4cccc5oc6ccccc6c45)n3)cc12. The lowest BCUT2D eigenvalue weighted by atomic mass is 9.99. The molecule has 8 aromatic carbocycles. The number of furan rings is 2. The van der Waals surface area contributed by atoms with Gasteiger partial charge in [0.2, 0.25) is 0 Å². The summed E-state index contributed by atoms with van der Waals surface area (Å²) in [5.74, 6) is 1.81. The second-order valence-corrected chi connectivity index (χ2v) is 12.8. The highest BCUT2D eigenvalue weighted by Gasteiger charge is 2.19. The molecule has 11 aromatic rings. The first-order valence-corrected chi connectivity index (χ1v) is 16.7. The van der Waals surface area contributed by atoms with Crippen LogP contribution in [-0.2, 0) is 0 Å². The quantitative estimate of drug-likeness (QED) is 0.180. The zero-order chi connectivity index (χ0) is 32.8. The molecule has 0 N–H and O–H groups in total. The Morgan fingerprint density at radius 1 is 0.320 bits per heavy atom. The molecule has 0 amide bonds. The van der Waals surface area contributed by atoms with Gasteiger partial charge < -0.3 is 8.83 Å². The Labute approximate surface area is 285 Å². The molecule has 50 heavy (non-hydrogen) atoms. The molecule has 232 valence electrons. The van der Waals surface area contributed by atoms with E-state index in [-0.39, 0.29) is 0 Å². The minimum atomic E-state index is 0.594. The second kappa shape index (κ2) is 10.3. The predicted molar refractivity (Wildman–Crippen MR) is 203 cm³/mol. The highest BCUT2D eigenvalue weighted by molar-refractivity contribution is 6.19. The molecule has 0 aliphatic rings. The first-order valence-electron chi connectivity index (χ1n) is 16.7. The predicted octanol–water partition coefficient (Wildman–Crippen LogP) is 12.1. The highest BCUT2D eigenvalue weighted by Crippen LogP contribution is 2.39. The number of nitrogens with zero attached hydrogens (tertiary/aromatic N) is 3. The van der Waals surface area contributed by atoms with E-state index < -0.39 is 0 Å². The number of para-hydroxylation sites is 2. The van der Waals surface area contributed by atoms with Crippen molar-refractivity contribution in [2.24, 2.45) is 0 Å². The first-order chi connectivity index (χ1) is 24.7. The van der Waals surface area contributed by atoms with Crippen molar-refractivity contribution in [2.75, 3.05) is 0 Å². The van der Waals surface area contributed by atoms with Crippen molar-refractivity contribution < 1.29 is 8.83 Å². The molecule has 3 aromatic heterocycles. The molecule has 0 fully saturated rings. The summed E-state index contributed by atoms with van der Waals surface area (Å²) in [5, 5.41) is 11.2. The Bertz CT molecular complexity index is 3170. The van der Waals surface area contributed by atoms with Crippen LogP contribution < -0.4 is 0 Å². The minimum Gasteiger partial charge on any atom is -0.456 e. The van der Waals surface area contributed by atoms with E-state index in [1.165, 1.54) is 16.2 Å². The van der Waals surface area contributed by atoms with Gasteiger partial charge in [0.05, 0.1) is 0 Å². The van der Waals surface area contributed by atoms with E-state index >= 15 is 0 Å². The van der Waals surface area contributed by atoms with Crippen LogP contribution in [0, 0.1) is 0 Å². The normalized spacial score (nSPS) is 12.0. The molecule has 0 saturated heterocycles. The molecule has 0 bridgehead atoms. The maximum Gasteiger partial charge on any atom is 0.164 e. The number of rotatable bonds is 3. The van der Waals surface area contributed by atoms with Crippen LogP contribution in [0.4, 0.5) is 0 Å². The maximum atomic E-state index is 6.26. The number of benzene rings is 8. The van der Waals surface area contributed by atoms with Crippen LogP contribution in [0.25, 0.3) is 110 Å². The number of fused-ring (bicyclic) bond motifs is 11. The van der Waals surface area contributed by atoms with Gasteiger partial charge in [-0.15, -0.1) is 0 Å². The number of aromatic nitrogens is 3. The molecule has 5 nitrogen and oxygen atoms in total. The van der Waals surface area contributed by atoms with Crippen molar-refractivity contribution >= 4 is 76.2 Å². The van der Waals surface area contributed by atoms with Gasteiger partial charge >= 0.3 is 0 Å². The molecule has 5 heteroatoms.